The van der Waals surface area contributed by atoms with Crippen LogP contribution in [0.1, 0.15) is 11.1 Å². The molecule has 2 aromatic heterocycles. The quantitative estimate of drug-likeness (QED) is 0.481. The highest BCUT2D eigenvalue weighted by Crippen LogP contribution is 2.39. The lowest BCUT2D eigenvalue weighted by Gasteiger charge is -2.33. The highest BCUT2D eigenvalue weighted by molar-refractivity contribution is 9.11. The number of anilines is 1. The predicted octanol–water partition coefficient (Wildman–Crippen LogP) is 2.93. The molecular weight excluding hydrogens is 508 g/mol. The Morgan fingerprint density at radius 1 is 1.11 bits per heavy atom. The number of nitrogens with zero attached hydrogens (tertiary/aromatic N) is 5. The second-order valence-corrected chi connectivity index (χ2v) is 9.77. The van der Waals surface area contributed by atoms with Crippen LogP contribution in [0, 0.1) is 11.3 Å². The fraction of sp³-hybridized carbons (Fsp3) is 0.240. The molecule has 1 aromatic carbocycles. The number of H-pyrrole nitrogens is 1. The zero-order valence-electron chi connectivity index (χ0n) is 19.0. The SMILES string of the molecule is CN1CCN(c2ccc(C3=NC4=C(Br)C=C(c5cccc6[nH]ncc56)C(=N)C4C(=O)N3)cn2)CC1. The molecule has 3 N–H and O–H groups in total. The first-order valence-electron chi connectivity index (χ1n) is 11.4. The number of benzene rings is 1. The van der Waals surface area contributed by atoms with Crippen molar-refractivity contribution in [2.45, 2.75) is 0 Å². The summed E-state index contributed by atoms with van der Waals surface area (Å²) in [5, 5.41) is 19.8. The Morgan fingerprint density at radius 2 is 1.94 bits per heavy atom. The second kappa shape index (κ2) is 8.54. The van der Waals surface area contributed by atoms with E-state index in [9.17, 15) is 4.79 Å². The minimum atomic E-state index is -0.798. The minimum Gasteiger partial charge on any atom is -0.354 e. The topological polar surface area (TPSA) is 113 Å². The number of aromatic nitrogens is 3. The van der Waals surface area contributed by atoms with Gasteiger partial charge in [-0.2, -0.15) is 5.10 Å². The number of hydrogen-bond acceptors (Lipinski definition) is 7. The first-order valence-corrected chi connectivity index (χ1v) is 12.2. The van der Waals surface area contributed by atoms with Crippen molar-refractivity contribution in [3.8, 4) is 0 Å². The van der Waals surface area contributed by atoms with Crippen molar-refractivity contribution in [3.63, 3.8) is 0 Å². The molecule has 2 aliphatic heterocycles. The molecule has 1 amide bonds. The summed E-state index contributed by atoms with van der Waals surface area (Å²) in [6.07, 6.45) is 5.35. The zero-order valence-corrected chi connectivity index (χ0v) is 20.6. The van der Waals surface area contributed by atoms with E-state index in [1.165, 1.54) is 0 Å². The van der Waals surface area contributed by atoms with Gasteiger partial charge in [0.2, 0.25) is 5.91 Å². The van der Waals surface area contributed by atoms with E-state index in [1.807, 2.05) is 36.4 Å². The van der Waals surface area contributed by atoms with Gasteiger partial charge >= 0.3 is 0 Å². The van der Waals surface area contributed by atoms with E-state index in [1.54, 1.807) is 12.4 Å². The van der Waals surface area contributed by atoms with E-state index in [4.69, 9.17) is 10.4 Å². The third-order valence-corrected chi connectivity index (χ3v) is 7.36. The summed E-state index contributed by atoms with van der Waals surface area (Å²) < 4.78 is 0.684. The number of carbonyl (C=O) groups is 1. The molecule has 35 heavy (non-hydrogen) atoms. The van der Waals surface area contributed by atoms with Crippen LogP contribution in [0.15, 0.2) is 64.0 Å². The van der Waals surface area contributed by atoms with Crippen LogP contribution >= 0.6 is 15.9 Å². The lowest BCUT2D eigenvalue weighted by Crippen LogP contribution is -2.45. The smallest absolute Gasteiger partial charge is 0.240 e. The molecule has 1 unspecified atom stereocenters. The maximum Gasteiger partial charge on any atom is 0.240 e. The number of piperazine rings is 1. The molecule has 9 nitrogen and oxygen atoms in total. The molecule has 4 heterocycles. The van der Waals surface area contributed by atoms with Crippen LogP contribution in [0.3, 0.4) is 0 Å². The molecule has 1 saturated heterocycles. The Labute approximate surface area is 210 Å². The lowest BCUT2D eigenvalue weighted by molar-refractivity contribution is -0.121. The van der Waals surface area contributed by atoms with Crippen molar-refractivity contribution in [3.05, 3.63) is 70.1 Å². The van der Waals surface area contributed by atoms with Crippen molar-refractivity contribution in [1.82, 2.24) is 25.4 Å². The van der Waals surface area contributed by atoms with Gasteiger partial charge in [-0.05, 0) is 52.8 Å². The molecule has 3 aliphatic rings. The maximum absolute atomic E-state index is 13.2. The number of rotatable bonds is 3. The fourth-order valence-electron chi connectivity index (χ4n) is 4.73. The number of fused-ring (bicyclic) bond motifs is 2. The summed E-state index contributed by atoms with van der Waals surface area (Å²) in [6.45, 7) is 3.88. The van der Waals surface area contributed by atoms with Gasteiger partial charge in [-0.15, -0.1) is 0 Å². The summed E-state index contributed by atoms with van der Waals surface area (Å²) in [5.74, 6) is 0.286. The van der Waals surface area contributed by atoms with E-state index in [0.29, 0.717) is 21.6 Å². The first kappa shape index (κ1) is 21.9. The minimum absolute atomic E-state index is 0.209. The number of nitrogens with one attached hydrogen (secondary N) is 3. The number of amidine groups is 1. The Kier molecular flexibility index (Phi) is 5.34. The highest BCUT2D eigenvalue weighted by atomic mass is 79.9. The van der Waals surface area contributed by atoms with Gasteiger partial charge in [-0.25, -0.2) is 9.98 Å². The second-order valence-electron chi connectivity index (χ2n) is 8.92. The van der Waals surface area contributed by atoms with Crippen molar-refractivity contribution in [1.29, 1.82) is 5.41 Å². The molecule has 1 atom stereocenters. The molecule has 0 spiro atoms. The van der Waals surface area contributed by atoms with Crippen molar-refractivity contribution >= 4 is 55.7 Å². The summed E-state index contributed by atoms with van der Waals surface area (Å²) >= 11 is 3.62. The summed E-state index contributed by atoms with van der Waals surface area (Å²) in [6, 6.07) is 9.68. The van der Waals surface area contributed by atoms with Crippen LogP contribution in [-0.4, -0.2) is 70.8 Å². The number of amides is 1. The Hall–Kier alpha value is -3.63. The third-order valence-electron chi connectivity index (χ3n) is 6.73. The predicted molar refractivity (Wildman–Crippen MR) is 140 cm³/mol. The molecule has 10 heteroatoms. The summed E-state index contributed by atoms with van der Waals surface area (Å²) in [7, 11) is 2.12. The number of pyridine rings is 1. The average Bonchev–Trinajstić information content (AvgIpc) is 3.36. The molecule has 6 rings (SSSR count). The maximum atomic E-state index is 13.2. The van der Waals surface area contributed by atoms with Crippen LogP contribution in [0.2, 0.25) is 0 Å². The molecule has 1 fully saturated rings. The van der Waals surface area contributed by atoms with Crippen molar-refractivity contribution in [2.24, 2.45) is 10.9 Å². The van der Waals surface area contributed by atoms with Gasteiger partial charge in [0.25, 0.3) is 0 Å². The van der Waals surface area contributed by atoms with Gasteiger partial charge in [0.1, 0.15) is 17.6 Å². The normalized spacial score (nSPS) is 21.1. The van der Waals surface area contributed by atoms with E-state index in [0.717, 1.165) is 54.0 Å². The van der Waals surface area contributed by atoms with Crippen LogP contribution < -0.4 is 10.2 Å². The van der Waals surface area contributed by atoms with Gasteiger partial charge in [0.15, 0.2) is 0 Å². The molecule has 0 bridgehead atoms. The monoisotopic (exact) mass is 530 g/mol. The summed E-state index contributed by atoms with van der Waals surface area (Å²) in [4.78, 5) is 27.2. The number of hydrogen-bond donors (Lipinski definition) is 3. The molecule has 3 aromatic rings. The molecule has 176 valence electrons. The number of likely N-dealkylation sites (N-methyl/N-ethyl adjacent to an activating group) is 1. The molecular formula is C25H23BrN8O. The Balaban J connectivity index is 1.34. The molecule has 0 saturated carbocycles. The van der Waals surface area contributed by atoms with Gasteiger partial charge in [-0.3, -0.25) is 9.89 Å². The number of halogens is 1. The van der Waals surface area contributed by atoms with E-state index < -0.39 is 5.92 Å². The number of carbonyl (C=O) groups excluding carboxylic acids is 1. The van der Waals surface area contributed by atoms with E-state index in [-0.39, 0.29) is 11.6 Å². The van der Waals surface area contributed by atoms with Gasteiger partial charge < -0.3 is 20.5 Å². The molecule has 0 radical (unpaired) electrons. The van der Waals surface area contributed by atoms with Gasteiger partial charge in [-0.1, -0.05) is 12.1 Å². The van der Waals surface area contributed by atoms with Crippen molar-refractivity contribution in [2.75, 3.05) is 38.1 Å². The summed E-state index contributed by atoms with van der Waals surface area (Å²) in [5.41, 5.74) is 3.86. The van der Waals surface area contributed by atoms with Crippen LogP contribution in [0.4, 0.5) is 5.82 Å². The third kappa shape index (κ3) is 3.78. The van der Waals surface area contributed by atoms with Crippen molar-refractivity contribution < 1.29 is 4.79 Å². The van der Waals surface area contributed by atoms with E-state index >= 15 is 0 Å². The molecule has 1 aliphatic carbocycles. The van der Waals surface area contributed by atoms with Gasteiger partial charge in [0, 0.05) is 53.4 Å². The van der Waals surface area contributed by atoms with E-state index in [2.05, 4.69) is 53.3 Å². The fourth-order valence-corrected chi connectivity index (χ4v) is 5.28. The highest BCUT2D eigenvalue weighted by Gasteiger charge is 2.38. The first-order chi connectivity index (χ1) is 17.0. The van der Waals surface area contributed by atoms with Crippen LogP contribution in [0.5, 0.6) is 0 Å². The Bertz CT molecular complexity index is 1440. The number of aliphatic imine (C=N–C) groups is 1. The van der Waals surface area contributed by atoms with Crippen LogP contribution in [-0.2, 0) is 4.79 Å². The number of allylic oxidation sites excluding steroid dienone is 3. The zero-order chi connectivity index (χ0) is 24.1. The van der Waals surface area contributed by atoms with Crippen LogP contribution in [0.25, 0.3) is 16.5 Å². The number of aromatic amines is 1. The standard InChI is InChI=1S/C25H23BrN8O/c1-33-7-9-34(10-8-33)20-6-5-14(12-28-20)24-30-23-18(26)11-16(22(27)21(23)25(35)31-24)15-3-2-4-19-17(15)13-29-32-19/h2-6,11-13,21,27H,7-10H2,1H3,(H,29,32)(H,30,31,35). The van der Waals surface area contributed by atoms with Gasteiger partial charge in [0.05, 0.1) is 23.1 Å². The largest absolute Gasteiger partial charge is 0.354 e. The lowest BCUT2D eigenvalue weighted by atomic mass is 9.83. The Morgan fingerprint density at radius 3 is 2.71 bits per heavy atom. The average molecular weight is 531 g/mol.